The molecule has 0 N–H and O–H groups in total. The van der Waals surface area contributed by atoms with Gasteiger partial charge in [0, 0.05) is 22.5 Å². The van der Waals surface area contributed by atoms with Crippen LogP contribution in [0.2, 0.25) is 0 Å². The first-order valence-electron chi connectivity index (χ1n) is 5.96. The molecule has 0 saturated heterocycles. The van der Waals surface area contributed by atoms with E-state index < -0.39 is 0 Å². The fourth-order valence-corrected chi connectivity index (χ4v) is 2.19. The van der Waals surface area contributed by atoms with Crippen molar-refractivity contribution in [1.29, 1.82) is 0 Å². The van der Waals surface area contributed by atoms with E-state index >= 15 is 0 Å². The third kappa shape index (κ3) is 1.97. The van der Waals surface area contributed by atoms with Crippen LogP contribution in [-0.2, 0) is 0 Å². The molecular weight excluding hydrogens is 244 g/mol. The Balaban J connectivity index is 2.34. The highest BCUT2D eigenvalue weighted by Gasteiger charge is 2.10. The zero-order valence-electron chi connectivity index (χ0n) is 10.3. The smallest absolute Gasteiger partial charge is 0.134 e. The largest absolute Gasteiger partial charge is 0.256 e. The molecule has 0 spiro atoms. The number of benzene rings is 2. The predicted molar refractivity (Wildman–Crippen MR) is 71.8 cm³/mol. The topological polar surface area (TPSA) is 12.9 Å². The molecule has 0 radical (unpaired) electrons. The van der Waals surface area contributed by atoms with Crippen LogP contribution in [0.3, 0.4) is 0 Å². The minimum Gasteiger partial charge on any atom is -0.256 e. The van der Waals surface area contributed by atoms with Gasteiger partial charge in [-0.05, 0) is 30.7 Å². The SMILES string of the molecule is Cc1ccc2c(-c3cccc(F)c3)nccc2c1F. The first-order chi connectivity index (χ1) is 9.16. The van der Waals surface area contributed by atoms with Crippen LogP contribution in [0.15, 0.2) is 48.7 Å². The summed E-state index contributed by atoms with van der Waals surface area (Å²) in [4.78, 5) is 4.26. The van der Waals surface area contributed by atoms with Gasteiger partial charge in [0.2, 0.25) is 0 Å². The van der Waals surface area contributed by atoms with Crippen LogP contribution < -0.4 is 0 Å². The second-order valence-electron chi connectivity index (χ2n) is 4.46. The van der Waals surface area contributed by atoms with Crippen molar-refractivity contribution < 1.29 is 8.78 Å². The first-order valence-corrected chi connectivity index (χ1v) is 5.96. The molecule has 0 fully saturated rings. The van der Waals surface area contributed by atoms with E-state index in [1.165, 1.54) is 12.1 Å². The van der Waals surface area contributed by atoms with E-state index in [2.05, 4.69) is 4.98 Å². The van der Waals surface area contributed by atoms with Gasteiger partial charge in [0.05, 0.1) is 5.69 Å². The number of halogens is 2. The molecule has 0 bridgehead atoms. The molecule has 94 valence electrons. The molecule has 0 unspecified atom stereocenters. The molecule has 3 rings (SSSR count). The molecule has 2 aromatic carbocycles. The first kappa shape index (κ1) is 11.8. The highest BCUT2D eigenvalue weighted by atomic mass is 19.1. The van der Waals surface area contributed by atoms with Crippen molar-refractivity contribution in [2.24, 2.45) is 0 Å². The van der Waals surface area contributed by atoms with Crippen LogP contribution in [-0.4, -0.2) is 4.98 Å². The summed E-state index contributed by atoms with van der Waals surface area (Å²) in [7, 11) is 0. The van der Waals surface area contributed by atoms with Gasteiger partial charge in [0.15, 0.2) is 0 Å². The minimum absolute atomic E-state index is 0.252. The molecular formula is C16H11F2N. The average molecular weight is 255 g/mol. The molecule has 1 aromatic heterocycles. The maximum Gasteiger partial charge on any atom is 0.134 e. The Bertz CT molecular complexity index is 766. The van der Waals surface area contributed by atoms with Gasteiger partial charge in [0.1, 0.15) is 11.6 Å². The fraction of sp³-hybridized carbons (Fsp3) is 0.0625. The van der Waals surface area contributed by atoms with Gasteiger partial charge < -0.3 is 0 Å². The maximum absolute atomic E-state index is 14.1. The number of aromatic nitrogens is 1. The Labute approximate surface area is 109 Å². The van der Waals surface area contributed by atoms with Crippen LogP contribution in [0.4, 0.5) is 8.78 Å². The molecule has 0 aliphatic rings. The number of rotatable bonds is 1. The lowest BCUT2D eigenvalue weighted by molar-refractivity contribution is 0.628. The summed E-state index contributed by atoms with van der Waals surface area (Å²) in [6.07, 6.45) is 1.55. The standard InChI is InChI=1S/C16H11F2N/c1-10-5-6-14-13(15(10)18)7-8-19-16(14)11-3-2-4-12(17)9-11/h2-9H,1H3. The number of pyridine rings is 1. The number of aryl methyl sites for hydroxylation is 1. The highest BCUT2D eigenvalue weighted by molar-refractivity contribution is 5.95. The van der Waals surface area contributed by atoms with E-state index in [1.54, 1.807) is 37.4 Å². The lowest BCUT2D eigenvalue weighted by Crippen LogP contribution is -1.91. The molecule has 3 aromatic rings. The van der Waals surface area contributed by atoms with Gasteiger partial charge in [0.25, 0.3) is 0 Å². The van der Waals surface area contributed by atoms with Gasteiger partial charge in [-0.15, -0.1) is 0 Å². The highest BCUT2D eigenvalue weighted by Crippen LogP contribution is 2.29. The van der Waals surface area contributed by atoms with Crippen molar-refractivity contribution in [3.05, 3.63) is 65.9 Å². The van der Waals surface area contributed by atoms with Gasteiger partial charge >= 0.3 is 0 Å². The molecule has 0 aliphatic heterocycles. The summed E-state index contributed by atoms with van der Waals surface area (Å²) in [6, 6.07) is 11.3. The molecule has 0 atom stereocenters. The maximum atomic E-state index is 14.1. The summed E-state index contributed by atoms with van der Waals surface area (Å²) in [5, 5.41) is 1.20. The van der Waals surface area contributed by atoms with Gasteiger partial charge in [-0.1, -0.05) is 24.3 Å². The second-order valence-corrected chi connectivity index (χ2v) is 4.46. The molecule has 0 amide bonds. The van der Waals surface area contributed by atoms with Gasteiger partial charge in [-0.2, -0.15) is 0 Å². The zero-order chi connectivity index (χ0) is 13.4. The molecule has 1 nitrogen and oxygen atoms in total. The van der Waals surface area contributed by atoms with E-state index in [9.17, 15) is 8.78 Å². The monoisotopic (exact) mass is 255 g/mol. The molecule has 3 heteroatoms. The quantitative estimate of drug-likeness (QED) is 0.624. The molecule has 0 aliphatic carbocycles. The summed E-state index contributed by atoms with van der Waals surface area (Å²) >= 11 is 0. The van der Waals surface area contributed by atoms with Crippen molar-refractivity contribution in [2.75, 3.05) is 0 Å². The van der Waals surface area contributed by atoms with Crippen LogP contribution in [0.5, 0.6) is 0 Å². The van der Waals surface area contributed by atoms with E-state index in [0.717, 1.165) is 0 Å². The van der Waals surface area contributed by atoms with Crippen molar-refractivity contribution in [1.82, 2.24) is 4.98 Å². The van der Waals surface area contributed by atoms with Crippen molar-refractivity contribution in [2.45, 2.75) is 6.92 Å². The molecule has 19 heavy (non-hydrogen) atoms. The third-order valence-corrected chi connectivity index (χ3v) is 3.17. The number of hydrogen-bond acceptors (Lipinski definition) is 1. The van der Waals surface area contributed by atoms with Crippen molar-refractivity contribution >= 4 is 10.8 Å². The normalized spacial score (nSPS) is 10.9. The Morgan fingerprint density at radius 1 is 0.947 bits per heavy atom. The third-order valence-electron chi connectivity index (χ3n) is 3.17. The van der Waals surface area contributed by atoms with Crippen LogP contribution in [0.1, 0.15) is 5.56 Å². The van der Waals surface area contributed by atoms with E-state index in [4.69, 9.17) is 0 Å². The zero-order valence-corrected chi connectivity index (χ0v) is 10.3. The fourth-order valence-electron chi connectivity index (χ4n) is 2.19. The Hall–Kier alpha value is -2.29. The summed E-state index contributed by atoms with van der Waals surface area (Å²) in [5.74, 6) is -0.582. The van der Waals surface area contributed by atoms with Crippen molar-refractivity contribution in [3.63, 3.8) is 0 Å². The van der Waals surface area contributed by atoms with E-state index in [1.807, 2.05) is 6.07 Å². The lowest BCUT2D eigenvalue weighted by Gasteiger charge is -2.08. The number of hydrogen-bond donors (Lipinski definition) is 0. The predicted octanol–water partition coefficient (Wildman–Crippen LogP) is 4.49. The van der Waals surface area contributed by atoms with E-state index in [0.29, 0.717) is 27.6 Å². The minimum atomic E-state index is -0.330. The second kappa shape index (κ2) is 4.43. The summed E-state index contributed by atoms with van der Waals surface area (Å²) in [6.45, 7) is 1.72. The Morgan fingerprint density at radius 3 is 2.58 bits per heavy atom. The summed E-state index contributed by atoms with van der Waals surface area (Å²) in [5.41, 5.74) is 1.83. The average Bonchev–Trinajstić information content (AvgIpc) is 2.42. The van der Waals surface area contributed by atoms with Gasteiger partial charge in [-0.25, -0.2) is 8.78 Å². The number of fused-ring (bicyclic) bond motifs is 1. The summed E-state index contributed by atoms with van der Waals surface area (Å²) < 4.78 is 27.4. The Morgan fingerprint density at radius 2 is 1.79 bits per heavy atom. The van der Waals surface area contributed by atoms with Crippen LogP contribution in [0, 0.1) is 18.6 Å². The van der Waals surface area contributed by atoms with Gasteiger partial charge in [-0.3, -0.25) is 4.98 Å². The Kier molecular flexibility index (Phi) is 2.75. The van der Waals surface area contributed by atoms with Crippen LogP contribution >= 0.6 is 0 Å². The van der Waals surface area contributed by atoms with E-state index in [-0.39, 0.29) is 11.6 Å². The molecule has 0 saturated carbocycles. The molecule has 1 heterocycles. The number of nitrogens with zero attached hydrogens (tertiary/aromatic N) is 1. The van der Waals surface area contributed by atoms with Crippen LogP contribution in [0.25, 0.3) is 22.0 Å². The van der Waals surface area contributed by atoms with Crippen molar-refractivity contribution in [3.8, 4) is 11.3 Å². The lowest BCUT2D eigenvalue weighted by atomic mass is 10.0.